The second kappa shape index (κ2) is 6.68. The maximum absolute atomic E-state index is 10.8. The van der Waals surface area contributed by atoms with Gasteiger partial charge in [-0.1, -0.05) is 0 Å². The topological polar surface area (TPSA) is 96.0 Å². The molecule has 3 aromatic heterocycles. The molecule has 0 bridgehead atoms. The first-order chi connectivity index (χ1) is 11.9. The van der Waals surface area contributed by atoms with Crippen LogP contribution < -0.4 is 4.74 Å². The highest BCUT2D eigenvalue weighted by molar-refractivity contribution is 5.59. The molecule has 0 spiro atoms. The first-order valence-corrected chi connectivity index (χ1v) is 7.74. The Kier molecular flexibility index (Phi) is 4.42. The second-order valence-electron chi connectivity index (χ2n) is 5.79. The van der Waals surface area contributed by atoms with Crippen LogP contribution in [-0.2, 0) is 0 Å². The molecule has 0 aliphatic heterocycles. The van der Waals surface area contributed by atoms with Gasteiger partial charge in [0.25, 0.3) is 0 Å². The lowest BCUT2D eigenvalue weighted by molar-refractivity contribution is -0.389. The van der Waals surface area contributed by atoms with Crippen molar-refractivity contribution in [2.45, 2.75) is 26.8 Å². The Morgan fingerprint density at radius 3 is 2.72 bits per heavy atom. The van der Waals surface area contributed by atoms with Crippen LogP contribution in [0.25, 0.3) is 11.3 Å². The van der Waals surface area contributed by atoms with E-state index in [4.69, 9.17) is 4.74 Å². The molecule has 3 aromatic rings. The molecular formula is C17H17N5O3. The van der Waals surface area contributed by atoms with Crippen LogP contribution in [0.3, 0.4) is 0 Å². The summed E-state index contributed by atoms with van der Waals surface area (Å²) in [6.07, 6.45) is 5.33. The van der Waals surface area contributed by atoms with Crippen LogP contribution in [0.2, 0.25) is 0 Å². The minimum Gasteiger partial charge on any atom is -0.453 e. The zero-order valence-electron chi connectivity index (χ0n) is 14.1. The van der Waals surface area contributed by atoms with Crippen LogP contribution >= 0.6 is 0 Å². The van der Waals surface area contributed by atoms with Gasteiger partial charge in [-0.2, -0.15) is 5.10 Å². The average molecular weight is 339 g/mol. The minimum absolute atomic E-state index is 0.207. The Morgan fingerprint density at radius 2 is 2.08 bits per heavy atom. The monoisotopic (exact) mass is 339 g/mol. The Bertz CT molecular complexity index is 920. The number of pyridine rings is 2. The molecule has 0 radical (unpaired) electrons. The van der Waals surface area contributed by atoms with E-state index in [0.29, 0.717) is 17.2 Å². The molecule has 8 nitrogen and oxygen atoms in total. The average Bonchev–Trinajstić information content (AvgIpc) is 3.07. The van der Waals surface area contributed by atoms with Gasteiger partial charge in [0, 0.05) is 43.1 Å². The number of rotatable bonds is 5. The van der Waals surface area contributed by atoms with Gasteiger partial charge in [-0.05, 0) is 35.9 Å². The summed E-state index contributed by atoms with van der Waals surface area (Å²) in [5.41, 5.74) is 2.06. The summed E-state index contributed by atoms with van der Waals surface area (Å²) in [5, 5.41) is 15.1. The molecule has 0 unspecified atom stereocenters. The Balaban J connectivity index is 1.85. The van der Waals surface area contributed by atoms with Crippen LogP contribution in [0.4, 0.5) is 5.82 Å². The highest BCUT2D eigenvalue weighted by atomic mass is 16.6. The summed E-state index contributed by atoms with van der Waals surface area (Å²) < 4.78 is 7.66. The third-order valence-electron chi connectivity index (χ3n) is 3.60. The first kappa shape index (κ1) is 16.6. The molecule has 0 saturated carbocycles. The predicted octanol–water partition coefficient (Wildman–Crippen LogP) is 3.93. The molecule has 3 heterocycles. The molecule has 3 rings (SSSR count). The van der Waals surface area contributed by atoms with Crippen molar-refractivity contribution in [1.82, 2.24) is 19.7 Å². The van der Waals surface area contributed by atoms with E-state index in [1.165, 1.54) is 12.1 Å². The Morgan fingerprint density at radius 1 is 1.28 bits per heavy atom. The van der Waals surface area contributed by atoms with Crippen molar-refractivity contribution < 1.29 is 9.66 Å². The van der Waals surface area contributed by atoms with Crippen molar-refractivity contribution in [1.29, 1.82) is 0 Å². The van der Waals surface area contributed by atoms with Crippen molar-refractivity contribution >= 4 is 5.82 Å². The number of ether oxygens (including phenoxy) is 1. The molecule has 0 N–H and O–H groups in total. The number of aryl methyl sites for hydroxylation is 1. The summed E-state index contributed by atoms with van der Waals surface area (Å²) in [7, 11) is 0. The van der Waals surface area contributed by atoms with E-state index in [2.05, 4.69) is 15.1 Å². The van der Waals surface area contributed by atoms with Crippen molar-refractivity contribution in [3.05, 3.63) is 58.7 Å². The number of hydrogen-bond acceptors (Lipinski definition) is 6. The van der Waals surface area contributed by atoms with E-state index in [9.17, 15) is 10.1 Å². The summed E-state index contributed by atoms with van der Waals surface area (Å²) in [5.74, 6) is 0.822. The number of nitrogens with zero attached hydrogens (tertiary/aromatic N) is 5. The molecule has 0 amide bonds. The lowest BCUT2D eigenvalue weighted by Crippen LogP contribution is -1.99. The largest absolute Gasteiger partial charge is 0.453 e. The van der Waals surface area contributed by atoms with Gasteiger partial charge in [0.1, 0.15) is 5.75 Å². The minimum atomic E-state index is -0.534. The van der Waals surface area contributed by atoms with Crippen molar-refractivity contribution in [2.24, 2.45) is 0 Å². The predicted molar refractivity (Wildman–Crippen MR) is 91.5 cm³/mol. The fourth-order valence-electron chi connectivity index (χ4n) is 2.26. The highest BCUT2D eigenvalue weighted by Gasteiger charge is 2.14. The van der Waals surface area contributed by atoms with Gasteiger partial charge >= 0.3 is 5.82 Å². The number of aromatic nitrogens is 4. The smallest absolute Gasteiger partial charge is 0.363 e. The number of nitro groups is 1. The van der Waals surface area contributed by atoms with Gasteiger partial charge < -0.3 is 14.9 Å². The maximum Gasteiger partial charge on any atom is 0.363 e. The van der Waals surface area contributed by atoms with Crippen LogP contribution in [0.1, 0.15) is 25.6 Å². The fourth-order valence-corrected chi connectivity index (χ4v) is 2.26. The maximum atomic E-state index is 10.8. The van der Waals surface area contributed by atoms with E-state index in [1.54, 1.807) is 31.5 Å². The summed E-state index contributed by atoms with van der Waals surface area (Å²) in [6, 6.07) is 6.64. The fraction of sp³-hybridized carbons (Fsp3) is 0.235. The molecule has 0 aliphatic rings. The lowest BCUT2D eigenvalue weighted by Gasteiger charge is -2.07. The summed E-state index contributed by atoms with van der Waals surface area (Å²) >= 11 is 0. The number of hydrogen-bond donors (Lipinski definition) is 0. The van der Waals surface area contributed by atoms with Crippen LogP contribution in [0.15, 0.2) is 42.9 Å². The second-order valence-corrected chi connectivity index (χ2v) is 5.79. The van der Waals surface area contributed by atoms with Crippen LogP contribution in [0, 0.1) is 17.0 Å². The molecule has 0 atom stereocenters. The molecule has 0 aromatic carbocycles. The zero-order valence-corrected chi connectivity index (χ0v) is 14.1. The van der Waals surface area contributed by atoms with E-state index in [-0.39, 0.29) is 11.9 Å². The van der Waals surface area contributed by atoms with E-state index < -0.39 is 4.92 Å². The Labute approximate surface area is 144 Å². The SMILES string of the molecule is Cc1nc([N+](=O)[O-])ccc1Oc1ccnc(-c2cnn(C(C)C)c2)c1. The van der Waals surface area contributed by atoms with Gasteiger partial charge in [0.15, 0.2) is 11.4 Å². The van der Waals surface area contributed by atoms with Crippen molar-refractivity contribution in [2.75, 3.05) is 0 Å². The quantitative estimate of drug-likeness (QED) is 0.516. The van der Waals surface area contributed by atoms with Crippen molar-refractivity contribution in [3.8, 4) is 22.8 Å². The molecule has 0 saturated heterocycles. The summed E-state index contributed by atoms with van der Waals surface area (Å²) in [6.45, 7) is 5.76. The third-order valence-corrected chi connectivity index (χ3v) is 3.60. The molecule has 25 heavy (non-hydrogen) atoms. The third kappa shape index (κ3) is 3.63. The molecule has 0 fully saturated rings. The zero-order chi connectivity index (χ0) is 18.0. The van der Waals surface area contributed by atoms with Crippen LogP contribution in [-0.4, -0.2) is 24.7 Å². The first-order valence-electron chi connectivity index (χ1n) is 7.74. The van der Waals surface area contributed by atoms with Gasteiger partial charge in [0.05, 0.1) is 11.9 Å². The molecule has 8 heteroatoms. The highest BCUT2D eigenvalue weighted by Crippen LogP contribution is 2.28. The van der Waals surface area contributed by atoms with Crippen molar-refractivity contribution in [3.63, 3.8) is 0 Å². The Hall–Kier alpha value is -3.29. The standard InChI is InChI=1S/C17H17N5O3/c1-11(2)21-10-13(9-19-21)15-8-14(6-7-18-15)25-16-4-5-17(22(23)24)20-12(16)3/h4-11H,1-3H3. The summed E-state index contributed by atoms with van der Waals surface area (Å²) in [4.78, 5) is 18.5. The van der Waals surface area contributed by atoms with Gasteiger partial charge in [-0.3, -0.25) is 9.67 Å². The molecule has 128 valence electrons. The van der Waals surface area contributed by atoms with E-state index >= 15 is 0 Å². The molecule has 0 aliphatic carbocycles. The van der Waals surface area contributed by atoms with E-state index in [1.807, 2.05) is 24.7 Å². The molecular weight excluding hydrogens is 322 g/mol. The lowest BCUT2D eigenvalue weighted by atomic mass is 10.2. The van der Waals surface area contributed by atoms with Crippen LogP contribution in [0.5, 0.6) is 11.5 Å². The van der Waals surface area contributed by atoms with Gasteiger partial charge in [-0.25, -0.2) is 0 Å². The van der Waals surface area contributed by atoms with E-state index in [0.717, 1.165) is 11.3 Å². The van der Waals surface area contributed by atoms with Gasteiger partial charge in [-0.15, -0.1) is 0 Å². The normalized spacial score (nSPS) is 10.9. The van der Waals surface area contributed by atoms with Gasteiger partial charge in [0.2, 0.25) is 0 Å².